The number of nitrogens with zero attached hydrogens (tertiary/aromatic N) is 4. The first-order valence-electron chi connectivity index (χ1n) is 15.2. The van der Waals surface area contributed by atoms with E-state index in [1.54, 1.807) is 12.4 Å². The van der Waals surface area contributed by atoms with E-state index in [1.165, 1.54) is 15.9 Å². The number of rotatable bonds is 5. The molecule has 1 aliphatic rings. The van der Waals surface area contributed by atoms with E-state index in [4.69, 9.17) is 19.9 Å². The molecule has 0 atom stereocenters. The van der Waals surface area contributed by atoms with Gasteiger partial charge in [0.1, 0.15) is 8.07 Å². The number of fused-ring (bicyclic) bond motifs is 3. The van der Waals surface area contributed by atoms with Crippen LogP contribution in [0.4, 0.5) is 0 Å². The van der Waals surface area contributed by atoms with E-state index in [0.29, 0.717) is 0 Å². The average Bonchev–Trinajstić information content (AvgIpc) is 3.35. The Morgan fingerprint density at radius 3 is 1.60 bits per heavy atom. The lowest BCUT2D eigenvalue weighted by atomic mass is 9.98. The lowest BCUT2D eigenvalue weighted by Gasteiger charge is -2.21. The number of aromatic nitrogens is 4. The van der Waals surface area contributed by atoms with Gasteiger partial charge in [-0.25, -0.2) is 9.97 Å². The third kappa shape index (κ3) is 4.69. The highest BCUT2D eigenvalue weighted by molar-refractivity contribution is 7.04. The zero-order chi connectivity index (χ0) is 30.4. The highest BCUT2D eigenvalue weighted by atomic mass is 28.3. The second-order valence-corrected chi connectivity index (χ2v) is 16.2. The smallest absolute Gasteiger partial charge is 0.160 e. The fourth-order valence-corrected chi connectivity index (χ4v) is 9.82. The van der Waals surface area contributed by atoms with Crippen molar-refractivity contribution >= 4 is 18.4 Å². The fraction of sp³-hybridized carbons (Fsp3) is 0.0500. The van der Waals surface area contributed by atoms with Crippen molar-refractivity contribution in [3.8, 4) is 67.5 Å². The molecule has 5 heteroatoms. The molecule has 5 aromatic carbocycles. The van der Waals surface area contributed by atoms with E-state index in [-0.39, 0.29) is 0 Å². The molecular weight excluding hydrogens is 565 g/mol. The Bertz CT molecular complexity index is 2190. The van der Waals surface area contributed by atoms with Crippen LogP contribution in [-0.2, 0) is 0 Å². The van der Waals surface area contributed by atoms with Crippen LogP contribution in [0, 0.1) is 0 Å². The van der Waals surface area contributed by atoms with Crippen LogP contribution in [0.5, 0.6) is 0 Å². The van der Waals surface area contributed by atoms with Crippen molar-refractivity contribution in [3.63, 3.8) is 0 Å². The summed E-state index contributed by atoms with van der Waals surface area (Å²) in [7, 11) is -2.00. The zero-order valence-corrected chi connectivity index (χ0v) is 26.1. The predicted molar refractivity (Wildman–Crippen MR) is 187 cm³/mol. The lowest BCUT2D eigenvalue weighted by Crippen LogP contribution is -2.50. The quantitative estimate of drug-likeness (QED) is 0.188. The van der Waals surface area contributed by atoms with E-state index in [2.05, 4.69) is 128 Å². The van der Waals surface area contributed by atoms with Crippen LogP contribution in [0.25, 0.3) is 67.5 Å². The van der Waals surface area contributed by atoms with Crippen molar-refractivity contribution in [3.05, 3.63) is 146 Å². The molecule has 0 amide bonds. The number of hydrogen-bond donors (Lipinski definition) is 0. The summed E-state index contributed by atoms with van der Waals surface area (Å²) in [6.45, 7) is 4.84. The fourth-order valence-electron chi connectivity index (χ4n) is 6.59. The molecule has 0 radical (unpaired) electrons. The Kier molecular flexibility index (Phi) is 6.54. The molecule has 45 heavy (non-hydrogen) atoms. The van der Waals surface area contributed by atoms with Crippen LogP contribution in [0.15, 0.2) is 146 Å². The van der Waals surface area contributed by atoms with Crippen molar-refractivity contribution in [2.24, 2.45) is 0 Å². The molecule has 8 rings (SSSR count). The minimum absolute atomic E-state index is 0.743. The first-order chi connectivity index (χ1) is 22.1. The van der Waals surface area contributed by atoms with Gasteiger partial charge in [0.15, 0.2) is 5.82 Å². The first kappa shape index (κ1) is 27.1. The van der Waals surface area contributed by atoms with Gasteiger partial charge in [0.25, 0.3) is 0 Å². The summed E-state index contributed by atoms with van der Waals surface area (Å²) < 4.78 is 0. The lowest BCUT2D eigenvalue weighted by molar-refractivity contribution is 1.20. The van der Waals surface area contributed by atoms with Crippen molar-refractivity contribution in [1.82, 2.24) is 19.9 Å². The second kappa shape index (κ2) is 10.9. The largest absolute Gasteiger partial charge is 0.252 e. The molecule has 0 spiro atoms. The highest BCUT2D eigenvalue weighted by Crippen LogP contribution is 2.35. The molecule has 7 aromatic rings. The first-order valence-corrected chi connectivity index (χ1v) is 18.2. The summed E-state index contributed by atoms with van der Waals surface area (Å²) in [6, 6.07) is 46.7. The Labute approximate surface area is 264 Å². The second-order valence-electron chi connectivity index (χ2n) is 11.9. The van der Waals surface area contributed by atoms with Crippen LogP contribution in [0.3, 0.4) is 0 Å². The predicted octanol–water partition coefficient (Wildman–Crippen LogP) is 8.40. The van der Waals surface area contributed by atoms with Crippen molar-refractivity contribution in [2.45, 2.75) is 13.1 Å². The molecule has 1 aliphatic heterocycles. The van der Waals surface area contributed by atoms with Crippen LogP contribution < -0.4 is 10.4 Å². The Morgan fingerprint density at radius 2 is 0.911 bits per heavy atom. The molecule has 0 N–H and O–H groups in total. The third-order valence-electron chi connectivity index (χ3n) is 8.77. The maximum Gasteiger partial charge on any atom is 0.160 e. The van der Waals surface area contributed by atoms with Gasteiger partial charge in [-0.15, -0.1) is 0 Å². The van der Waals surface area contributed by atoms with E-state index >= 15 is 0 Å². The van der Waals surface area contributed by atoms with Crippen LogP contribution in [0.1, 0.15) is 0 Å². The van der Waals surface area contributed by atoms with E-state index in [9.17, 15) is 0 Å². The summed E-state index contributed by atoms with van der Waals surface area (Å²) >= 11 is 0. The van der Waals surface area contributed by atoms with Gasteiger partial charge in [0.2, 0.25) is 0 Å². The van der Waals surface area contributed by atoms with Crippen molar-refractivity contribution < 1.29 is 0 Å². The Morgan fingerprint density at radius 1 is 0.422 bits per heavy atom. The summed E-state index contributed by atoms with van der Waals surface area (Å²) in [6.07, 6.45) is 3.51. The van der Waals surface area contributed by atoms with Crippen LogP contribution >= 0.6 is 0 Å². The monoisotopic (exact) mass is 594 g/mol. The van der Waals surface area contributed by atoms with E-state index < -0.39 is 8.07 Å². The molecule has 0 aliphatic carbocycles. The number of hydrogen-bond acceptors (Lipinski definition) is 4. The molecule has 214 valence electrons. The van der Waals surface area contributed by atoms with Crippen molar-refractivity contribution in [1.29, 1.82) is 0 Å². The summed E-state index contributed by atoms with van der Waals surface area (Å²) in [5.74, 6) is 0.743. The van der Waals surface area contributed by atoms with Crippen molar-refractivity contribution in [2.75, 3.05) is 0 Å². The van der Waals surface area contributed by atoms with Gasteiger partial charge in [-0.1, -0.05) is 134 Å². The highest BCUT2D eigenvalue weighted by Gasteiger charge is 2.41. The molecule has 0 bridgehead atoms. The molecule has 4 nitrogen and oxygen atoms in total. The maximum absolute atomic E-state index is 5.31. The minimum atomic E-state index is -2.00. The molecular formula is C40H30N4Si. The normalized spacial score (nSPS) is 12.8. The van der Waals surface area contributed by atoms with Crippen LogP contribution in [0.2, 0.25) is 13.1 Å². The average molecular weight is 595 g/mol. The Balaban J connectivity index is 1.25. The van der Waals surface area contributed by atoms with Gasteiger partial charge < -0.3 is 0 Å². The van der Waals surface area contributed by atoms with Gasteiger partial charge >= 0.3 is 0 Å². The molecule has 3 heterocycles. The van der Waals surface area contributed by atoms with E-state index in [0.717, 1.165) is 62.0 Å². The topological polar surface area (TPSA) is 51.6 Å². The Hall–Kier alpha value is -5.52. The van der Waals surface area contributed by atoms with Gasteiger partial charge in [-0.3, -0.25) is 9.97 Å². The van der Waals surface area contributed by atoms with Gasteiger partial charge in [0, 0.05) is 34.6 Å². The molecule has 0 saturated carbocycles. The van der Waals surface area contributed by atoms with Gasteiger partial charge in [0.05, 0.1) is 22.8 Å². The SMILES string of the molecule is C[Si]1(C)c2ccccc2-c2nc(-c3cccc(-c4cccc(-c5nccnc5-c5ccccc5)c4)c3)nc(-c3ccccc3)c21. The summed E-state index contributed by atoms with van der Waals surface area (Å²) in [5, 5.41) is 2.74. The minimum Gasteiger partial charge on any atom is -0.252 e. The van der Waals surface area contributed by atoms with E-state index in [1.807, 2.05) is 18.2 Å². The maximum atomic E-state index is 5.31. The molecule has 2 aromatic heterocycles. The van der Waals surface area contributed by atoms with Gasteiger partial charge in [-0.2, -0.15) is 0 Å². The number of benzene rings is 5. The standard InChI is InChI=1S/C40H30N4Si/c1-45(2)34-22-10-9-21-33(34)38-39(45)37(28-15-7-4-8-16-28)43-40(44-38)32-20-12-18-30(26-32)29-17-11-19-31(25-29)36-35(41-23-24-42-36)27-13-5-3-6-14-27/h3-26H,1-2H3. The summed E-state index contributed by atoms with van der Waals surface area (Å²) in [5.41, 5.74) is 11.5. The molecule has 0 saturated heterocycles. The summed E-state index contributed by atoms with van der Waals surface area (Å²) in [4.78, 5) is 20.1. The zero-order valence-electron chi connectivity index (χ0n) is 25.1. The molecule has 0 fully saturated rings. The third-order valence-corrected chi connectivity index (χ3v) is 12.3. The van der Waals surface area contributed by atoms with Crippen LogP contribution in [-0.4, -0.2) is 28.0 Å². The van der Waals surface area contributed by atoms with Gasteiger partial charge in [-0.05, 0) is 39.2 Å². The molecule has 0 unspecified atom stereocenters.